The first-order chi connectivity index (χ1) is 11.2. The Morgan fingerprint density at radius 3 is 2.46 bits per heavy atom. The van der Waals surface area contributed by atoms with Gasteiger partial charge in [-0.15, -0.1) is 0 Å². The molecule has 24 heavy (non-hydrogen) atoms. The van der Waals surface area contributed by atoms with Gasteiger partial charge in [-0.25, -0.2) is 4.39 Å². The van der Waals surface area contributed by atoms with Crippen LogP contribution in [0, 0.1) is 5.82 Å². The Morgan fingerprint density at radius 1 is 1.29 bits per heavy atom. The fourth-order valence-electron chi connectivity index (χ4n) is 2.28. The van der Waals surface area contributed by atoms with E-state index in [1.54, 1.807) is 12.1 Å². The Labute approximate surface area is 143 Å². The van der Waals surface area contributed by atoms with Gasteiger partial charge in [-0.2, -0.15) is 0 Å². The predicted octanol–water partition coefficient (Wildman–Crippen LogP) is 2.53. The monoisotopic (exact) mass is 338 g/mol. The van der Waals surface area contributed by atoms with Crippen LogP contribution >= 0.6 is 0 Å². The maximum Gasteiger partial charge on any atom is 0.240 e. The minimum absolute atomic E-state index is 0.0313. The number of ether oxygens (including phenoxy) is 1. The molecule has 0 aromatic heterocycles. The molecule has 2 amide bonds. The van der Waals surface area contributed by atoms with Crippen LogP contribution in [0.2, 0.25) is 0 Å². The standard InChI is InChI=1S/C18H27FN2O3/c1-6-21(12-16(22)20-18(2,3)4)17(23)10-8-13-7-9-15(24-5)14(19)11-13/h7,9,11H,6,8,10,12H2,1-5H3,(H,20,22). The lowest BCUT2D eigenvalue weighted by Gasteiger charge is -2.25. The molecule has 0 saturated heterocycles. The third-order valence-corrected chi connectivity index (χ3v) is 3.43. The van der Waals surface area contributed by atoms with Crippen LogP contribution in [0.5, 0.6) is 5.75 Å². The van der Waals surface area contributed by atoms with Gasteiger partial charge in [0, 0.05) is 18.5 Å². The van der Waals surface area contributed by atoms with Crippen molar-refractivity contribution in [3.8, 4) is 5.75 Å². The van der Waals surface area contributed by atoms with E-state index in [0.717, 1.165) is 5.56 Å². The molecule has 0 spiro atoms. The van der Waals surface area contributed by atoms with E-state index >= 15 is 0 Å². The van der Waals surface area contributed by atoms with Gasteiger partial charge in [-0.1, -0.05) is 6.07 Å². The van der Waals surface area contributed by atoms with Crippen LogP contribution in [0.25, 0.3) is 0 Å². The van der Waals surface area contributed by atoms with Gasteiger partial charge in [-0.05, 0) is 51.8 Å². The zero-order valence-electron chi connectivity index (χ0n) is 15.1. The number of aryl methyl sites for hydroxylation is 1. The van der Waals surface area contributed by atoms with E-state index in [0.29, 0.717) is 13.0 Å². The highest BCUT2D eigenvalue weighted by Crippen LogP contribution is 2.18. The number of rotatable bonds is 7. The first-order valence-electron chi connectivity index (χ1n) is 8.07. The van der Waals surface area contributed by atoms with Gasteiger partial charge in [0.1, 0.15) is 0 Å². The fraction of sp³-hybridized carbons (Fsp3) is 0.556. The number of nitrogens with one attached hydrogen (secondary N) is 1. The first kappa shape index (κ1) is 19.9. The van der Waals surface area contributed by atoms with Crippen LogP contribution in [0.3, 0.4) is 0 Å². The number of hydrogen-bond donors (Lipinski definition) is 1. The summed E-state index contributed by atoms with van der Waals surface area (Å²) in [6, 6.07) is 4.65. The van der Waals surface area contributed by atoms with Crippen molar-refractivity contribution < 1.29 is 18.7 Å². The molecular formula is C18H27FN2O3. The maximum absolute atomic E-state index is 13.7. The second-order valence-corrected chi connectivity index (χ2v) is 6.67. The van der Waals surface area contributed by atoms with E-state index in [-0.39, 0.29) is 36.1 Å². The van der Waals surface area contributed by atoms with Crippen molar-refractivity contribution in [2.75, 3.05) is 20.2 Å². The maximum atomic E-state index is 13.7. The number of benzene rings is 1. The van der Waals surface area contributed by atoms with Gasteiger partial charge < -0.3 is 15.0 Å². The Hall–Kier alpha value is -2.11. The molecule has 0 fully saturated rings. The average molecular weight is 338 g/mol. The van der Waals surface area contributed by atoms with Crippen LogP contribution < -0.4 is 10.1 Å². The lowest BCUT2D eigenvalue weighted by molar-refractivity contribution is -0.136. The Balaban J connectivity index is 2.58. The number of nitrogens with zero attached hydrogens (tertiary/aromatic N) is 1. The number of amides is 2. The summed E-state index contributed by atoms with van der Waals surface area (Å²) >= 11 is 0. The molecular weight excluding hydrogens is 311 g/mol. The molecule has 0 atom stereocenters. The molecule has 0 radical (unpaired) electrons. The second kappa shape index (κ2) is 8.66. The summed E-state index contributed by atoms with van der Waals surface area (Å²) in [5, 5.41) is 2.84. The summed E-state index contributed by atoms with van der Waals surface area (Å²) in [5.41, 5.74) is 0.386. The fourth-order valence-corrected chi connectivity index (χ4v) is 2.28. The molecule has 1 aromatic rings. The average Bonchev–Trinajstić information content (AvgIpc) is 2.48. The van der Waals surface area contributed by atoms with E-state index in [9.17, 15) is 14.0 Å². The molecule has 134 valence electrons. The van der Waals surface area contributed by atoms with Crippen molar-refractivity contribution in [3.63, 3.8) is 0 Å². The molecule has 1 aromatic carbocycles. The topological polar surface area (TPSA) is 58.6 Å². The predicted molar refractivity (Wildman–Crippen MR) is 91.4 cm³/mol. The van der Waals surface area contributed by atoms with Crippen molar-refractivity contribution in [1.82, 2.24) is 10.2 Å². The highest BCUT2D eigenvalue weighted by Gasteiger charge is 2.19. The smallest absolute Gasteiger partial charge is 0.240 e. The lowest BCUT2D eigenvalue weighted by atomic mass is 10.1. The zero-order valence-corrected chi connectivity index (χ0v) is 15.1. The van der Waals surface area contributed by atoms with E-state index in [1.807, 2.05) is 27.7 Å². The Kier molecular flexibility index (Phi) is 7.19. The number of hydrogen-bond acceptors (Lipinski definition) is 3. The quantitative estimate of drug-likeness (QED) is 0.831. The number of halogens is 1. The second-order valence-electron chi connectivity index (χ2n) is 6.67. The van der Waals surface area contributed by atoms with E-state index in [1.165, 1.54) is 18.1 Å². The molecule has 1 rings (SSSR count). The Morgan fingerprint density at radius 2 is 1.96 bits per heavy atom. The van der Waals surface area contributed by atoms with Gasteiger partial charge in [0.2, 0.25) is 11.8 Å². The van der Waals surface area contributed by atoms with Crippen LogP contribution in [0.4, 0.5) is 4.39 Å². The van der Waals surface area contributed by atoms with Crippen molar-refractivity contribution in [1.29, 1.82) is 0 Å². The summed E-state index contributed by atoms with van der Waals surface area (Å²) in [6.45, 7) is 7.98. The zero-order chi connectivity index (χ0) is 18.3. The first-order valence-corrected chi connectivity index (χ1v) is 8.07. The summed E-state index contributed by atoms with van der Waals surface area (Å²) in [6.07, 6.45) is 0.638. The molecule has 0 aliphatic heterocycles. The van der Waals surface area contributed by atoms with Crippen molar-refractivity contribution in [3.05, 3.63) is 29.6 Å². The van der Waals surface area contributed by atoms with Crippen LogP contribution in [0.1, 0.15) is 39.7 Å². The van der Waals surface area contributed by atoms with Crippen molar-refractivity contribution in [2.24, 2.45) is 0 Å². The molecule has 0 aliphatic rings. The molecule has 0 aliphatic carbocycles. The lowest BCUT2D eigenvalue weighted by Crippen LogP contribution is -2.47. The van der Waals surface area contributed by atoms with E-state index < -0.39 is 5.82 Å². The Bertz CT molecular complexity index is 582. The molecule has 6 heteroatoms. The highest BCUT2D eigenvalue weighted by molar-refractivity contribution is 5.85. The molecule has 0 saturated carbocycles. The van der Waals surface area contributed by atoms with E-state index in [4.69, 9.17) is 4.74 Å². The molecule has 1 N–H and O–H groups in total. The minimum atomic E-state index is -0.445. The third kappa shape index (κ3) is 6.56. The van der Waals surface area contributed by atoms with Gasteiger partial charge >= 0.3 is 0 Å². The van der Waals surface area contributed by atoms with Crippen molar-refractivity contribution in [2.45, 2.75) is 46.1 Å². The number of carbonyl (C=O) groups excluding carboxylic acids is 2. The normalized spacial score (nSPS) is 11.1. The third-order valence-electron chi connectivity index (χ3n) is 3.43. The van der Waals surface area contributed by atoms with Crippen LogP contribution in [0.15, 0.2) is 18.2 Å². The summed E-state index contributed by atoms with van der Waals surface area (Å²) in [4.78, 5) is 25.7. The van der Waals surface area contributed by atoms with Gasteiger partial charge in [0.05, 0.1) is 13.7 Å². The van der Waals surface area contributed by atoms with Crippen LogP contribution in [-0.2, 0) is 16.0 Å². The molecule has 0 unspecified atom stereocenters. The van der Waals surface area contributed by atoms with Crippen LogP contribution in [-0.4, -0.2) is 42.5 Å². The van der Waals surface area contributed by atoms with E-state index in [2.05, 4.69) is 5.32 Å². The molecule has 0 bridgehead atoms. The molecule has 5 nitrogen and oxygen atoms in total. The minimum Gasteiger partial charge on any atom is -0.494 e. The van der Waals surface area contributed by atoms with Gasteiger partial charge in [-0.3, -0.25) is 9.59 Å². The van der Waals surface area contributed by atoms with Gasteiger partial charge in [0.15, 0.2) is 11.6 Å². The van der Waals surface area contributed by atoms with Crippen molar-refractivity contribution >= 4 is 11.8 Å². The highest BCUT2D eigenvalue weighted by atomic mass is 19.1. The number of methoxy groups -OCH3 is 1. The summed E-state index contributed by atoms with van der Waals surface area (Å²) < 4.78 is 18.5. The summed E-state index contributed by atoms with van der Waals surface area (Å²) in [7, 11) is 1.41. The SMILES string of the molecule is CCN(CC(=O)NC(C)(C)C)C(=O)CCc1ccc(OC)c(F)c1. The number of carbonyl (C=O) groups is 2. The molecule has 0 heterocycles. The van der Waals surface area contributed by atoms with Gasteiger partial charge in [0.25, 0.3) is 0 Å². The largest absolute Gasteiger partial charge is 0.494 e. The summed E-state index contributed by atoms with van der Waals surface area (Å²) in [5.74, 6) is -0.579. The number of likely N-dealkylation sites (N-methyl/N-ethyl adjacent to an activating group) is 1.